The first-order valence-corrected chi connectivity index (χ1v) is 6.08. The van der Waals surface area contributed by atoms with Gasteiger partial charge in [-0.1, -0.05) is 0 Å². The monoisotopic (exact) mass is 203 g/mol. The molecule has 0 unspecified atom stereocenters. The Labute approximate surface area is 88.3 Å². The van der Waals surface area contributed by atoms with Crippen LogP contribution in [0.5, 0.6) is 0 Å². The first-order valence-electron chi connectivity index (χ1n) is 6.08. The van der Waals surface area contributed by atoms with E-state index < -0.39 is 0 Å². The fourth-order valence-corrected chi connectivity index (χ4v) is 5.37. The quantitative estimate of drug-likeness (QED) is 0.596. The number of rotatable bonds is 1. The molecule has 3 aliphatic carbocycles. The molecule has 0 aromatic carbocycles. The maximum Gasteiger partial charge on any atom is 0.0902 e. The molecule has 15 heavy (non-hydrogen) atoms. The number of hydrogen-bond acceptors (Lipinski definition) is 3. The number of nitrogens with zero attached hydrogens (tertiary/aromatic N) is 1. The molecule has 0 radical (unpaired) electrons. The zero-order valence-corrected chi connectivity index (χ0v) is 8.37. The SMILES string of the molecule is N#CC[C@@H]1[C@H]2C[C@H]3O[C@H]4[C@H]2[C@H]2O[C@@H]2[C@H]4[C@@H]13. The second kappa shape index (κ2) is 2.09. The van der Waals surface area contributed by atoms with Crippen LogP contribution in [0, 0.1) is 40.9 Å². The lowest BCUT2D eigenvalue weighted by atomic mass is 9.69. The molecule has 3 nitrogen and oxygen atoms in total. The topological polar surface area (TPSA) is 45.5 Å². The largest absolute Gasteiger partial charge is 0.374 e. The molecule has 3 heteroatoms. The summed E-state index contributed by atoms with van der Waals surface area (Å²) in [4.78, 5) is 0. The maximum atomic E-state index is 8.93. The molecular formula is C12H13NO2. The third kappa shape index (κ3) is 0.636. The second-order valence-electron chi connectivity index (χ2n) is 5.86. The Bertz CT molecular complexity index is 380. The third-order valence-electron chi connectivity index (χ3n) is 5.65. The molecule has 6 fully saturated rings. The van der Waals surface area contributed by atoms with Crippen LogP contribution in [0.2, 0.25) is 0 Å². The molecular weight excluding hydrogens is 190 g/mol. The molecule has 3 saturated carbocycles. The van der Waals surface area contributed by atoms with E-state index in [0.717, 1.165) is 12.3 Å². The minimum absolute atomic E-state index is 0.477. The summed E-state index contributed by atoms with van der Waals surface area (Å²) in [5.41, 5.74) is 0. The van der Waals surface area contributed by atoms with E-state index in [2.05, 4.69) is 6.07 Å². The highest BCUT2D eigenvalue weighted by atomic mass is 16.6. The summed E-state index contributed by atoms with van der Waals surface area (Å²) in [6.45, 7) is 0. The van der Waals surface area contributed by atoms with E-state index in [0.29, 0.717) is 48.1 Å². The highest BCUT2D eigenvalue weighted by Gasteiger charge is 2.78. The highest BCUT2D eigenvalue weighted by molar-refractivity contribution is 5.25. The minimum Gasteiger partial charge on any atom is -0.374 e. The van der Waals surface area contributed by atoms with Crippen molar-refractivity contribution in [1.82, 2.24) is 0 Å². The minimum atomic E-state index is 0.477. The van der Waals surface area contributed by atoms with Crippen LogP contribution in [0.15, 0.2) is 0 Å². The summed E-state index contributed by atoms with van der Waals surface area (Å²) in [7, 11) is 0. The van der Waals surface area contributed by atoms with Crippen LogP contribution < -0.4 is 0 Å². The summed E-state index contributed by atoms with van der Waals surface area (Å²) in [5, 5.41) is 8.93. The Kier molecular flexibility index (Phi) is 1.07. The van der Waals surface area contributed by atoms with Gasteiger partial charge < -0.3 is 9.47 Å². The van der Waals surface area contributed by atoms with Crippen molar-refractivity contribution in [3.63, 3.8) is 0 Å². The van der Waals surface area contributed by atoms with E-state index in [4.69, 9.17) is 14.7 Å². The number of epoxide rings is 1. The average Bonchev–Trinajstić information content (AvgIpc) is 2.77. The van der Waals surface area contributed by atoms with Crippen molar-refractivity contribution in [3.05, 3.63) is 0 Å². The molecule has 0 N–H and O–H groups in total. The number of hydrogen-bond donors (Lipinski definition) is 0. The van der Waals surface area contributed by atoms with Gasteiger partial charge in [-0.05, 0) is 24.2 Å². The van der Waals surface area contributed by atoms with Gasteiger partial charge in [0.25, 0.3) is 0 Å². The van der Waals surface area contributed by atoms with E-state index in [1.54, 1.807) is 0 Å². The summed E-state index contributed by atoms with van der Waals surface area (Å²) in [5.74, 6) is 3.33. The lowest BCUT2D eigenvalue weighted by molar-refractivity contribution is -0.0758. The molecule has 9 atom stereocenters. The fraction of sp³-hybridized carbons (Fsp3) is 0.917. The Morgan fingerprint density at radius 1 is 1.07 bits per heavy atom. The predicted octanol–water partition coefficient (Wildman–Crippen LogP) is 0.947. The molecule has 0 amide bonds. The number of fused-ring (bicyclic) bond motifs is 1. The van der Waals surface area contributed by atoms with Gasteiger partial charge in [-0.2, -0.15) is 5.26 Å². The van der Waals surface area contributed by atoms with Gasteiger partial charge in [0, 0.05) is 18.3 Å². The van der Waals surface area contributed by atoms with E-state index >= 15 is 0 Å². The van der Waals surface area contributed by atoms with Crippen molar-refractivity contribution in [2.45, 2.75) is 37.3 Å². The van der Waals surface area contributed by atoms with Crippen LogP contribution >= 0.6 is 0 Å². The van der Waals surface area contributed by atoms with Gasteiger partial charge in [-0.15, -0.1) is 0 Å². The highest BCUT2D eigenvalue weighted by Crippen LogP contribution is 2.71. The lowest BCUT2D eigenvalue weighted by Crippen LogP contribution is -2.41. The van der Waals surface area contributed by atoms with Gasteiger partial charge in [0.15, 0.2) is 0 Å². The van der Waals surface area contributed by atoms with E-state index in [-0.39, 0.29) is 0 Å². The van der Waals surface area contributed by atoms with Gasteiger partial charge in [0.1, 0.15) is 0 Å². The standard InChI is InChI=1S/C12H13NO2/c13-2-1-4-5-3-6-7(4)9-10(14-6)8(5)11-12(9)15-11/h4-12H,1,3H2/t4-,5-,6-,7+,8+,9+,10+,11-,12-/m1/s1. The summed E-state index contributed by atoms with van der Waals surface area (Å²) >= 11 is 0. The van der Waals surface area contributed by atoms with Gasteiger partial charge in [0.05, 0.1) is 30.5 Å². The molecule has 3 aliphatic heterocycles. The second-order valence-corrected chi connectivity index (χ2v) is 5.86. The number of ether oxygens (including phenoxy) is 2. The Morgan fingerprint density at radius 3 is 2.80 bits per heavy atom. The molecule has 6 aliphatic rings. The Hall–Kier alpha value is -0.590. The molecule has 0 spiro atoms. The van der Waals surface area contributed by atoms with Crippen LogP contribution in [0.3, 0.4) is 0 Å². The van der Waals surface area contributed by atoms with E-state index in [9.17, 15) is 0 Å². The number of nitriles is 1. The first kappa shape index (κ1) is 7.65. The Morgan fingerprint density at radius 2 is 1.93 bits per heavy atom. The molecule has 0 aromatic heterocycles. The van der Waals surface area contributed by atoms with Crippen molar-refractivity contribution in [2.75, 3.05) is 0 Å². The average molecular weight is 203 g/mol. The lowest BCUT2D eigenvalue weighted by Gasteiger charge is -2.38. The first-order chi connectivity index (χ1) is 7.40. The van der Waals surface area contributed by atoms with Gasteiger partial charge >= 0.3 is 0 Å². The molecule has 6 bridgehead atoms. The van der Waals surface area contributed by atoms with E-state index in [1.165, 1.54) is 6.42 Å². The van der Waals surface area contributed by atoms with Gasteiger partial charge in [0.2, 0.25) is 0 Å². The smallest absolute Gasteiger partial charge is 0.0902 e. The van der Waals surface area contributed by atoms with Crippen molar-refractivity contribution in [3.8, 4) is 6.07 Å². The van der Waals surface area contributed by atoms with Crippen molar-refractivity contribution in [2.24, 2.45) is 29.6 Å². The predicted molar refractivity (Wildman–Crippen MR) is 49.6 cm³/mol. The van der Waals surface area contributed by atoms with Crippen molar-refractivity contribution in [1.29, 1.82) is 5.26 Å². The van der Waals surface area contributed by atoms with Crippen LogP contribution in [-0.4, -0.2) is 24.4 Å². The van der Waals surface area contributed by atoms with Crippen LogP contribution in [0.25, 0.3) is 0 Å². The molecule has 3 heterocycles. The third-order valence-corrected chi connectivity index (χ3v) is 5.65. The molecule has 0 aromatic rings. The molecule has 78 valence electrons. The fourth-order valence-electron chi connectivity index (χ4n) is 5.37. The van der Waals surface area contributed by atoms with Crippen molar-refractivity contribution >= 4 is 0 Å². The summed E-state index contributed by atoms with van der Waals surface area (Å²) < 4.78 is 11.9. The van der Waals surface area contributed by atoms with Crippen molar-refractivity contribution < 1.29 is 9.47 Å². The maximum absolute atomic E-state index is 8.93. The zero-order chi connectivity index (χ0) is 9.73. The van der Waals surface area contributed by atoms with E-state index in [1.807, 2.05) is 0 Å². The normalized spacial score (nSPS) is 70.7. The molecule has 3 saturated heterocycles. The summed E-state index contributed by atoms with van der Waals surface area (Å²) in [6, 6.07) is 2.38. The van der Waals surface area contributed by atoms with Crippen LogP contribution in [0.4, 0.5) is 0 Å². The summed E-state index contributed by atoms with van der Waals surface area (Å²) in [6.07, 6.45) is 3.97. The van der Waals surface area contributed by atoms with Crippen LogP contribution in [0.1, 0.15) is 12.8 Å². The van der Waals surface area contributed by atoms with Crippen LogP contribution in [-0.2, 0) is 9.47 Å². The van der Waals surface area contributed by atoms with Gasteiger partial charge in [-0.3, -0.25) is 0 Å². The molecule has 6 rings (SSSR count). The Balaban J connectivity index is 1.65. The zero-order valence-electron chi connectivity index (χ0n) is 8.37. The van der Waals surface area contributed by atoms with Gasteiger partial charge in [-0.25, -0.2) is 0 Å².